The van der Waals surface area contributed by atoms with E-state index in [1.165, 1.54) is 154 Å². The van der Waals surface area contributed by atoms with E-state index in [0.29, 0.717) is 31.6 Å². The summed E-state index contributed by atoms with van der Waals surface area (Å²) in [6.45, 7) is 9.44. The van der Waals surface area contributed by atoms with Gasteiger partial charge in [-0.2, -0.15) is 0 Å². The molecule has 0 aromatic heterocycles. The van der Waals surface area contributed by atoms with Crippen LogP contribution in [0.4, 0.5) is 0 Å². The maximum atomic E-state index is 13.0. The highest BCUT2D eigenvalue weighted by Gasteiger charge is 2.30. The standard InChI is InChI=1S/C68H132O17P2/c1-7-10-12-14-16-18-19-20-21-22-23-24-29-33-40-46-52-67(72)84-63(56-79-66(71)51-45-39-32-28-26-25-27-30-37-43-49-61(6)9-3)58-82-86(74,75)80-54-62(69)55-81-87(76,77)83-59-64(57-78-65(70)50-44-38-31-17-15-13-11-8-2)85-68(73)53-47-41-35-34-36-42-48-60(4)5/h60-64,69H,7-59H2,1-6H3,(H,74,75)(H,76,77)/t61?,62-,63-,64-/m1/s1. The molecule has 0 aliphatic heterocycles. The van der Waals surface area contributed by atoms with Gasteiger partial charge in [-0.15, -0.1) is 0 Å². The molecule has 0 fully saturated rings. The minimum atomic E-state index is -4.95. The highest BCUT2D eigenvalue weighted by Crippen LogP contribution is 2.45. The molecular formula is C68H132O17P2. The van der Waals surface area contributed by atoms with Gasteiger partial charge >= 0.3 is 39.5 Å². The first-order valence-corrected chi connectivity index (χ1v) is 38.5. The number of unbranched alkanes of at least 4 members (excludes halogenated alkanes) is 36. The zero-order valence-corrected chi connectivity index (χ0v) is 58.1. The first-order chi connectivity index (χ1) is 41.9. The highest BCUT2D eigenvalue weighted by atomic mass is 31.2. The van der Waals surface area contributed by atoms with Gasteiger partial charge in [-0.25, -0.2) is 9.13 Å². The Labute approximate surface area is 530 Å². The van der Waals surface area contributed by atoms with Crippen LogP contribution >= 0.6 is 15.6 Å². The van der Waals surface area contributed by atoms with E-state index in [-0.39, 0.29) is 25.7 Å². The monoisotopic (exact) mass is 1280 g/mol. The molecule has 0 saturated carbocycles. The third-order valence-corrected chi connectivity index (χ3v) is 18.0. The summed E-state index contributed by atoms with van der Waals surface area (Å²) in [7, 11) is -9.89. The highest BCUT2D eigenvalue weighted by molar-refractivity contribution is 7.47. The molecule has 19 heteroatoms. The molecule has 0 aliphatic carbocycles. The molecule has 3 N–H and O–H groups in total. The quantitative estimate of drug-likeness (QED) is 0.0222. The van der Waals surface area contributed by atoms with Crippen LogP contribution in [0.1, 0.15) is 343 Å². The van der Waals surface area contributed by atoms with Gasteiger partial charge in [0.1, 0.15) is 19.3 Å². The van der Waals surface area contributed by atoms with Crippen molar-refractivity contribution in [2.75, 3.05) is 39.6 Å². The molecule has 0 rings (SSSR count). The lowest BCUT2D eigenvalue weighted by molar-refractivity contribution is -0.161. The zero-order chi connectivity index (χ0) is 64.3. The number of carbonyl (C=O) groups excluding carboxylic acids is 4. The van der Waals surface area contributed by atoms with Gasteiger partial charge in [0.05, 0.1) is 26.4 Å². The molecule has 0 amide bonds. The smallest absolute Gasteiger partial charge is 0.462 e. The molecule has 17 nitrogen and oxygen atoms in total. The van der Waals surface area contributed by atoms with Crippen LogP contribution < -0.4 is 0 Å². The Morgan fingerprint density at radius 1 is 0.333 bits per heavy atom. The zero-order valence-electron chi connectivity index (χ0n) is 56.3. The van der Waals surface area contributed by atoms with Crippen LogP contribution in [0, 0.1) is 11.8 Å². The number of phosphoric acid groups is 2. The first kappa shape index (κ1) is 85.1. The van der Waals surface area contributed by atoms with E-state index in [2.05, 4.69) is 41.5 Å². The van der Waals surface area contributed by atoms with E-state index in [4.69, 9.17) is 37.0 Å². The lowest BCUT2D eigenvalue weighted by Gasteiger charge is -2.21. The maximum absolute atomic E-state index is 13.0. The molecule has 0 heterocycles. The van der Waals surface area contributed by atoms with Gasteiger partial charge in [-0.1, -0.05) is 292 Å². The molecule has 87 heavy (non-hydrogen) atoms. The van der Waals surface area contributed by atoms with Crippen LogP contribution in [0.5, 0.6) is 0 Å². The van der Waals surface area contributed by atoms with Crippen LogP contribution in [0.25, 0.3) is 0 Å². The van der Waals surface area contributed by atoms with Crippen LogP contribution in [-0.4, -0.2) is 96.7 Å². The van der Waals surface area contributed by atoms with Gasteiger partial charge in [0.15, 0.2) is 12.2 Å². The van der Waals surface area contributed by atoms with Gasteiger partial charge in [0.25, 0.3) is 0 Å². The summed E-state index contributed by atoms with van der Waals surface area (Å²) in [5.41, 5.74) is 0. The van der Waals surface area contributed by atoms with E-state index >= 15 is 0 Å². The average Bonchev–Trinajstić information content (AvgIpc) is 3.71. The van der Waals surface area contributed by atoms with Crippen molar-refractivity contribution in [2.45, 2.75) is 362 Å². The fourth-order valence-corrected chi connectivity index (χ4v) is 11.8. The molecule has 0 saturated heterocycles. The summed E-state index contributed by atoms with van der Waals surface area (Å²) in [6.07, 6.45) is 44.6. The molecule has 0 aromatic carbocycles. The SMILES string of the molecule is CCCCCCCCCCCCCCCCCCC(=O)O[C@H](COC(=O)CCCCCCCCCCCCC(C)CC)COP(=O)(O)OC[C@@H](O)COP(=O)(O)OC[C@@H](COC(=O)CCCCCCCCCC)OC(=O)CCCCCCCCC(C)C. The number of aliphatic hydroxyl groups excluding tert-OH is 1. The Balaban J connectivity index is 5.21. The lowest BCUT2D eigenvalue weighted by atomic mass is 9.99. The Kier molecular flexibility index (Phi) is 59.0. The molecule has 0 radical (unpaired) electrons. The summed E-state index contributed by atoms with van der Waals surface area (Å²) in [4.78, 5) is 72.3. The second kappa shape index (κ2) is 60.3. The largest absolute Gasteiger partial charge is 0.472 e. The van der Waals surface area contributed by atoms with E-state index in [0.717, 1.165) is 102 Å². The first-order valence-electron chi connectivity index (χ1n) is 35.5. The number of aliphatic hydroxyl groups is 1. The number of ether oxygens (including phenoxy) is 4. The third-order valence-electron chi connectivity index (χ3n) is 16.1. The minimum Gasteiger partial charge on any atom is -0.462 e. The van der Waals surface area contributed by atoms with Gasteiger partial charge in [0.2, 0.25) is 0 Å². The molecule has 0 aromatic rings. The fraction of sp³-hybridized carbons (Fsp3) is 0.941. The Morgan fingerprint density at radius 2 is 0.586 bits per heavy atom. The second-order valence-electron chi connectivity index (χ2n) is 25.3. The van der Waals surface area contributed by atoms with Gasteiger partial charge < -0.3 is 33.8 Å². The van der Waals surface area contributed by atoms with Crippen LogP contribution in [0.15, 0.2) is 0 Å². The average molecular weight is 1280 g/mol. The van der Waals surface area contributed by atoms with Crippen molar-refractivity contribution < 1.29 is 80.2 Å². The normalized spacial score (nSPS) is 14.5. The molecule has 516 valence electrons. The maximum Gasteiger partial charge on any atom is 0.472 e. The summed E-state index contributed by atoms with van der Waals surface area (Å²) < 4.78 is 68.1. The van der Waals surface area contributed by atoms with Crippen molar-refractivity contribution in [3.63, 3.8) is 0 Å². The van der Waals surface area contributed by atoms with Crippen LogP contribution in [0.2, 0.25) is 0 Å². The number of hydrogen-bond donors (Lipinski definition) is 3. The number of hydrogen-bond acceptors (Lipinski definition) is 15. The second-order valence-corrected chi connectivity index (χ2v) is 28.2. The van der Waals surface area contributed by atoms with E-state index in [9.17, 15) is 43.2 Å². The Morgan fingerprint density at radius 3 is 0.874 bits per heavy atom. The lowest BCUT2D eigenvalue weighted by Crippen LogP contribution is -2.30. The van der Waals surface area contributed by atoms with E-state index in [1.54, 1.807) is 0 Å². The summed E-state index contributed by atoms with van der Waals surface area (Å²) in [5.74, 6) is -0.654. The van der Waals surface area contributed by atoms with Crippen molar-refractivity contribution >= 4 is 39.5 Å². The van der Waals surface area contributed by atoms with Crippen molar-refractivity contribution in [3.8, 4) is 0 Å². The van der Waals surface area contributed by atoms with Crippen molar-refractivity contribution in [2.24, 2.45) is 11.8 Å². The minimum absolute atomic E-state index is 0.102. The molecule has 6 atom stereocenters. The molecule has 0 bridgehead atoms. The van der Waals surface area contributed by atoms with Crippen molar-refractivity contribution in [3.05, 3.63) is 0 Å². The fourth-order valence-electron chi connectivity index (χ4n) is 10.2. The predicted molar refractivity (Wildman–Crippen MR) is 349 cm³/mol. The van der Waals surface area contributed by atoms with Crippen LogP contribution in [-0.2, 0) is 65.4 Å². The molecule has 3 unspecified atom stereocenters. The Hall–Kier alpha value is -1.94. The van der Waals surface area contributed by atoms with Gasteiger partial charge in [-0.05, 0) is 37.5 Å². The van der Waals surface area contributed by atoms with E-state index < -0.39 is 97.5 Å². The van der Waals surface area contributed by atoms with Crippen molar-refractivity contribution in [1.29, 1.82) is 0 Å². The topological polar surface area (TPSA) is 237 Å². The molecular weight excluding hydrogens is 1150 g/mol. The van der Waals surface area contributed by atoms with Gasteiger partial charge in [-0.3, -0.25) is 37.3 Å². The summed E-state index contributed by atoms with van der Waals surface area (Å²) in [6, 6.07) is 0. The number of rotatable bonds is 67. The number of esters is 4. The number of carbonyl (C=O) groups is 4. The summed E-state index contributed by atoms with van der Waals surface area (Å²) in [5, 5.41) is 10.6. The number of phosphoric ester groups is 2. The van der Waals surface area contributed by atoms with E-state index in [1.807, 2.05) is 0 Å². The van der Waals surface area contributed by atoms with Crippen molar-refractivity contribution in [1.82, 2.24) is 0 Å². The predicted octanol–water partition coefficient (Wildman–Crippen LogP) is 19.2. The van der Waals surface area contributed by atoms with Crippen LogP contribution in [0.3, 0.4) is 0 Å². The Bertz CT molecular complexity index is 1700. The van der Waals surface area contributed by atoms with Gasteiger partial charge in [0, 0.05) is 25.7 Å². The summed E-state index contributed by atoms with van der Waals surface area (Å²) >= 11 is 0. The molecule has 0 spiro atoms. The third kappa shape index (κ3) is 61.3. The molecule has 0 aliphatic rings.